The summed E-state index contributed by atoms with van der Waals surface area (Å²) in [5.74, 6) is 0. The third-order valence-corrected chi connectivity index (χ3v) is 2.54. The number of aromatic nitrogens is 3. The summed E-state index contributed by atoms with van der Waals surface area (Å²) in [6.07, 6.45) is 1.56. The third kappa shape index (κ3) is 1.91. The highest BCUT2D eigenvalue weighted by molar-refractivity contribution is 9.10. The number of nitrogens with zero attached hydrogens (tertiary/aromatic N) is 3. The number of fused-ring (bicyclic) bond motifs is 1. The van der Waals surface area contributed by atoms with Gasteiger partial charge in [-0.15, -0.1) is 0 Å². The van der Waals surface area contributed by atoms with Gasteiger partial charge in [0.25, 0.3) is 0 Å². The maximum atomic E-state index is 8.05. The summed E-state index contributed by atoms with van der Waals surface area (Å²) in [7, 11) is 0. The van der Waals surface area contributed by atoms with E-state index in [0.29, 0.717) is 11.0 Å². The molecule has 0 aliphatic heterocycles. The molecule has 0 aliphatic carbocycles. The summed E-state index contributed by atoms with van der Waals surface area (Å²) in [6, 6.07) is 1.53. The zero-order valence-electron chi connectivity index (χ0n) is 13.5. The van der Waals surface area contributed by atoms with Crippen molar-refractivity contribution in [2.45, 2.75) is 0 Å². The van der Waals surface area contributed by atoms with Crippen LogP contribution in [0.3, 0.4) is 0 Å². The molecule has 3 nitrogen and oxygen atoms in total. The molecule has 0 saturated heterocycles. The Hall–Kier alpha value is -1.81. The van der Waals surface area contributed by atoms with Gasteiger partial charge in [-0.2, -0.15) is 0 Å². The first-order valence-electron chi connectivity index (χ1n) is 7.27. The fraction of sp³-hybridized carbons (Fsp3) is 0. The minimum atomic E-state index is -0.436. The van der Waals surface area contributed by atoms with Crippen LogP contribution in [0.5, 0.6) is 0 Å². The standard InChI is InChI=1S/C13H8BrN3/c14-13-16-11(9-5-2-1-3-6-9)10-7-4-8-15-12(10)17-13/h1-8H/i1D,2D,3D,5D,6D. The second-order valence-electron chi connectivity index (χ2n) is 3.22. The number of rotatable bonds is 1. The van der Waals surface area contributed by atoms with Gasteiger partial charge in [0.1, 0.15) is 0 Å². The minimum Gasteiger partial charge on any atom is -0.236 e. The summed E-state index contributed by atoms with van der Waals surface area (Å²) >= 11 is 3.17. The molecule has 0 N–H and O–H groups in total. The Balaban J connectivity index is 2.48. The van der Waals surface area contributed by atoms with Crippen LogP contribution in [0.1, 0.15) is 6.85 Å². The monoisotopic (exact) mass is 290 g/mol. The predicted molar refractivity (Wildman–Crippen MR) is 70.5 cm³/mol. The van der Waals surface area contributed by atoms with Crippen molar-refractivity contribution in [2.24, 2.45) is 0 Å². The van der Waals surface area contributed by atoms with Gasteiger partial charge >= 0.3 is 0 Å². The maximum Gasteiger partial charge on any atom is 0.199 e. The van der Waals surface area contributed by atoms with Gasteiger partial charge in [-0.25, -0.2) is 15.0 Å². The van der Waals surface area contributed by atoms with Crippen LogP contribution in [0.25, 0.3) is 22.3 Å². The number of pyridine rings is 1. The van der Waals surface area contributed by atoms with E-state index < -0.39 is 18.1 Å². The molecule has 0 bridgehead atoms. The molecule has 3 aromatic rings. The smallest absolute Gasteiger partial charge is 0.199 e. The fourth-order valence-corrected chi connectivity index (χ4v) is 1.84. The van der Waals surface area contributed by atoms with Crippen molar-refractivity contribution in [2.75, 3.05) is 0 Å². The van der Waals surface area contributed by atoms with Gasteiger partial charge in [-0.05, 0) is 28.1 Å². The van der Waals surface area contributed by atoms with Crippen LogP contribution in [0.4, 0.5) is 0 Å². The van der Waals surface area contributed by atoms with Crippen molar-refractivity contribution >= 4 is 27.0 Å². The van der Waals surface area contributed by atoms with Gasteiger partial charge in [0.2, 0.25) is 0 Å². The number of benzene rings is 1. The molecule has 1 aromatic carbocycles. The molecular formula is C13H8BrN3. The van der Waals surface area contributed by atoms with Crippen LogP contribution in [-0.2, 0) is 0 Å². The van der Waals surface area contributed by atoms with Gasteiger partial charge in [-0.1, -0.05) is 30.2 Å². The van der Waals surface area contributed by atoms with E-state index >= 15 is 0 Å². The Kier molecular flexibility index (Phi) is 1.54. The largest absolute Gasteiger partial charge is 0.236 e. The molecule has 17 heavy (non-hydrogen) atoms. The van der Waals surface area contributed by atoms with Crippen molar-refractivity contribution < 1.29 is 6.85 Å². The molecule has 4 heteroatoms. The molecular weight excluding hydrogens is 278 g/mol. The second kappa shape index (κ2) is 4.22. The highest BCUT2D eigenvalue weighted by Gasteiger charge is 2.08. The third-order valence-electron chi connectivity index (χ3n) is 2.18. The Morgan fingerprint density at radius 1 is 1.12 bits per heavy atom. The zero-order chi connectivity index (χ0) is 16.0. The van der Waals surface area contributed by atoms with E-state index in [-0.39, 0.29) is 28.1 Å². The number of hydrogen-bond donors (Lipinski definition) is 0. The first-order valence-corrected chi connectivity index (χ1v) is 5.56. The summed E-state index contributed by atoms with van der Waals surface area (Å²) in [6.45, 7) is 0. The lowest BCUT2D eigenvalue weighted by molar-refractivity contribution is 1.13. The first-order chi connectivity index (χ1) is 10.4. The van der Waals surface area contributed by atoms with Gasteiger partial charge in [0, 0.05) is 17.1 Å². The quantitative estimate of drug-likeness (QED) is 0.644. The SMILES string of the molecule is [2H]c1c([2H])c([2H])c(-c2nc(Br)nc3ncccc23)c([2H])c1[2H]. The summed E-state index contributed by atoms with van der Waals surface area (Å²) < 4.78 is 39.5. The van der Waals surface area contributed by atoms with Crippen LogP contribution in [0.2, 0.25) is 0 Å². The van der Waals surface area contributed by atoms with E-state index in [0.717, 1.165) is 0 Å². The lowest BCUT2D eigenvalue weighted by atomic mass is 10.1. The normalized spacial score (nSPS) is 14.8. The summed E-state index contributed by atoms with van der Waals surface area (Å²) in [5.41, 5.74) is 0.667. The molecule has 0 fully saturated rings. The van der Waals surface area contributed by atoms with Crippen molar-refractivity contribution in [1.82, 2.24) is 15.0 Å². The highest BCUT2D eigenvalue weighted by Crippen LogP contribution is 2.25. The Bertz CT molecular complexity index is 887. The molecule has 0 unspecified atom stereocenters. The topological polar surface area (TPSA) is 38.7 Å². The Labute approximate surface area is 114 Å². The van der Waals surface area contributed by atoms with Crippen LogP contribution in [0, 0.1) is 0 Å². The molecule has 0 atom stereocenters. The molecule has 0 radical (unpaired) electrons. The molecule has 2 aromatic heterocycles. The van der Waals surface area contributed by atoms with Crippen molar-refractivity contribution in [3.05, 3.63) is 53.3 Å². The van der Waals surface area contributed by atoms with E-state index in [1.54, 1.807) is 18.3 Å². The highest BCUT2D eigenvalue weighted by atomic mass is 79.9. The van der Waals surface area contributed by atoms with Crippen molar-refractivity contribution in [3.8, 4) is 11.3 Å². The van der Waals surface area contributed by atoms with Crippen molar-refractivity contribution in [3.63, 3.8) is 0 Å². The molecule has 0 saturated carbocycles. The molecule has 3 rings (SSSR count). The predicted octanol–water partition coefficient (Wildman–Crippen LogP) is 3.45. The van der Waals surface area contributed by atoms with Gasteiger partial charge in [-0.3, -0.25) is 0 Å². The zero-order valence-corrected chi connectivity index (χ0v) is 10.0. The molecule has 82 valence electrons. The number of hydrogen-bond acceptors (Lipinski definition) is 3. The summed E-state index contributed by atoms with van der Waals surface area (Å²) in [5, 5.41) is 0.518. The molecule has 0 spiro atoms. The number of halogens is 1. The van der Waals surface area contributed by atoms with E-state index in [9.17, 15) is 0 Å². The van der Waals surface area contributed by atoms with E-state index in [2.05, 4.69) is 30.9 Å². The molecule has 2 heterocycles. The molecule has 0 aliphatic rings. The Morgan fingerprint density at radius 2 is 1.94 bits per heavy atom. The summed E-state index contributed by atoms with van der Waals surface area (Å²) in [4.78, 5) is 12.4. The minimum absolute atomic E-state index is 0.0344. The lowest BCUT2D eigenvalue weighted by Gasteiger charge is -2.05. The van der Waals surface area contributed by atoms with Crippen LogP contribution in [0.15, 0.2) is 53.3 Å². The fourth-order valence-electron chi connectivity index (χ4n) is 1.49. The molecule has 0 amide bonds. The lowest BCUT2D eigenvalue weighted by Crippen LogP contribution is -1.92. The van der Waals surface area contributed by atoms with E-state index in [1.165, 1.54) is 0 Å². The van der Waals surface area contributed by atoms with Crippen LogP contribution < -0.4 is 0 Å². The first kappa shape index (κ1) is 6.21. The van der Waals surface area contributed by atoms with Gasteiger partial charge in [0.05, 0.1) is 12.5 Å². The van der Waals surface area contributed by atoms with E-state index in [4.69, 9.17) is 6.85 Å². The van der Waals surface area contributed by atoms with Gasteiger partial charge in [0.15, 0.2) is 10.4 Å². The van der Waals surface area contributed by atoms with Gasteiger partial charge < -0.3 is 0 Å². The van der Waals surface area contributed by atoms with Crippen LogP contribution >= 0.6 is 15.9 Å². The average Bonchev–Trinajstić information content (AvgIpc) is 2.51. The van der Waals surface area contributed by atoms with Crippen molar-refractivity contribution in [1.29, 1.82) is 0 Å². The van der Waals surface area contributed by atoms with E-state index in [1.807, 2.05) is 0 Å². The Morgan fingerprint density at radius 3 is 2.76 bits per heavy atom. The maximum absolute atomic E-state index is 8.05. The van der Waals surface area contributed by atoms with Crippen LogP contribution in [-0.4, -0.2) is 15.0 Å². The second-order valence-corrected chi connectivity index (χ2v) is 3.93. The average molecular weight is 291 g/mol.